The molecular formula is C9H17NO3. The summed E-state index contributed by atoms with van der Waals surface area (Å²) in [6.07, 6.45) is 0.858. The maximum atomic E-state index is 10.6. The smallest absolute Gasteiger partial charge is 0.407 e. The summed E-state index contributed by atoms with van der Waals surface area (Å²) in [6.45, 7) is 3.49. The number of likely N-dealkylation sites (tertiary alicyclic amines) is 1. The minimum atomic E-state index is -0.825. The molecule has 0 aliphatic carbocycles. The number of nitrogens with zero attached hydrogens (tertiary/aromatic N) is 1. The van der Waals surface area contributed by atoms with Crippen molar-refractivity contribution in [1.82, 2.24) is 4.90 Å². The summed E-state index contributed by atoms with van der Waals surface area (Å²) in [7, 11) is 0. The molecule has 13 heavy (non-hydrogen) atoms. The van der Waals surface area contributed by atoms with Crippen LogP contribution in [0.5, 0.6) is 0 Å². The fraction of sp³-hybridized carbons (Fsp3) is 0.889. The van der Waals surface area contributed by atoms with Gasteiger partial charge in [-0.1, -0.05) is 6.92 Å². The summed E-state index contributed by atoms with van der Waals surface area (Å²) >= 11 is 0. The number of amides is 1. The van der Waals surface area contributed by atoms with E-state index in [1.165, 1.54) is 4.90 Å². The van der Waals surface area contributed by atoms with Crippen molar-refractivity contribution in [1.29, 1.82) is 0 Å². The Morgan fingerprint density at radius 2 is 2.31 bits per heavy atom. The van der Waals surface area contributed by atoms with Gasteiger partial charge in [0.25, 0.3) is 0 Å². The van der Waals surface area contributed by atoms with E-state index in [4.69, 9.17) is 10.2 Å². The quantitative estimate of drug-likeness (QED) is 0.678. The molecule has 0 aromatic carbocycles. The second kappa shape index (κ2) is 4.46. The first-order chi connectivity index (χ1) is 6.15. The minimum Gasteiger partial charge on any atom is -0.465 e. The van der Waals surface area contributed by atoms with Crippen molar-refractivity contribution in [3.05, 3.63) is 0 Å². The van der Waals surface area contributed by atoms with Gasteiger partial charge in [0.2, 0.25) is 0 Å². The van der Waals surface area contributed by atoms with Crippen LogP contribution in [-0.2, 0) is 0 Å². The van der Waals surface area contributed by atoms with Crippen LogP contribution in [0.1, 0.15) is 19.8 Å². The summed E-state index contributed by atoms with van der Waals surface area (Å²) in [5, 5.41) is 17.5. The molecule has 2 N–H and O–H groups in total. The van der Waals surface area contributed by atoms with Gasteiger partial charge in [-0.25, -0.2) is 4.79 Å². The molecule has 1 saturated heterocycles. The Balaban J connectivity index is 2.41. The number of aliphatic hydroxyl groups excluding tert-OH is 1. The van der Waals surface area contributed by atoms with Gasteiger partial charge in [0.1, 0.15) is 0 Å². The van der Waals surface area contributed by atoms with Gasteiger partial charge in [0, 0.05) is 19.7 Å². The third-order valence-corrected chi connectivity index (χ3v) is 2.85. The van der Waals surface area contributed by atoms with E-state index in [1.54, 1.807) is 0 Å². The average Bonchev–Trinajstić information content (AvgIpc) is 2.08. The largest absolute Gasteiger partial charge is 0.465 e. The fourth-order valence-electron chi connectivity index (χ4n) is 1.96. The van der Waals surface area contributed by atoms with Gasteiger partial charge in [-0.3, -0.25) is 0 Å². The Morgan fingerprint density at radius 3 is 2.77 bits per heavy atom. The third-order valence-electron chi connectivity index (χ3n) is 2.85. The van der Waals surface area contributed by atoms with Crippen LogP contribution in [0.3, 0.4) is 0 Å². The van der Waals surface area contributed by atoms with Crippen molar-refractivity contribution in [2.24, 2.45) is 11.8 Å². The van der Waals surface area contributed by atoms with Crippen molar-refractivity contribution < 1.29 is 15.0 Å². The predicted octanol–water partition coefficient (Wildman–Crippen LogP) is 1.00. The lowest BCUT2D eigenvalue weighted by Gasteiger charge is -2.35. The molecule has 4 heteroatoms. The summed E-state index contributed by atoms with van der Waals surface area (Å²) in [6, 6.07) is 0. The van der Waals surface area contributed by atoms with E-state index in [0.717, 1.165) is 12.8 Å². The SMILES string of the molecule is CC1CN(C(=O)O)CCC1CCO. The van der Waals surface area contributed by atoms with Gasteiger partial charge in [-0.05, 0) is 24.7 Å². The van der Waals surface area contributed by atoms with Gasteiger partial charge >= 0.3 is 6.09 Å². The van der Waals surface area contributed by atoms with Crippen molar-refractivity contribution in [3.63, 3.8) is 0 Å². The van der Waals surface area contributed by atoms with Gasteiger partial charge in [-0.15, -0.1) is 0 Å². The number of piperidine rings is 1. The van der Waals surface area contributed by atoms with E-state index in [0.29, 0.717) is 24.9 Å². The second-order valence-electron chi connectivity index (χ2n) is 3.77. The summed E-state index contributed by atoms with van der Waals surface area (Å²) in [5.41, 5.74) is 0. The van der Waals surface area contributed by atoms with Crippen molar-refractivity contribution in [3.8, 4) is 0 Å². The van der Waals surface area contributed by atoms with Crippen LogP contribution in [0.2, 0.25) is 0 Å². The van der Waals surface area contributed by atoms with E-state index in [1.807, 2.05) is 0 Å². The van der Waals surface area contributed by atoms with Crippen molar-refractivity contribution in [2.45, 2.75) is 19.8 Å². The highest BCUT2D eigenvalue weighted by molar-refractivity contribution is 5.65. The molecule has 1 aliphatic heterocycles. The van der Waals surface area contributed by atoms with E-state index >= 15 is 0 Å². The van der Waals surface area contributed by atoms with Gasteiger partial charge in [-0.2, -0.15) is 0 Å². The Bertz CT molecular complexity index is 184. The maximum Gasteiger partial charge on any atom is 0.407 e. The second-order valence-corrected chi connectivity index (χ2v) is 3.77. The molecule has 2 unspecified atom stereocenters. The zero-order valence-electron chi connectivity index (χ0n) is 7.94. The van der Waals surface area contributed by atoms with E-state index in [-0.39, 0.29) is 6.61 Å². The Hall–Kier alpha value is -0.770. The number of rotatable bonds is 2. The predicted molar refractivity (Wildman–Crippen MR) is 48.6 cm³/mol. The molecule has 1 heterocycles. The molecule has 1 aliphatic rings. The highest BCUT2D eigenvalue weighted by Gasteiger charge is 2.27. The standard InChI is InChI=1S/C9H17NO3/c1-7-6-10(9(12)13)4-2-8(7)3-5-11/h7-8,11H,2-6H2,1H3,(H,12,13). The highest BCUT2D eigenvalue weighted by atomic mass is 16.4. The molecule has 0 aromatic heterocycles. The number of aliphatic hydroxyl groups is 1. The van der Waals surface area contributed by atoms with Crippen LogP contribution in [-0.4, -0.2) is 40.9 Å². The molecule has 1 rings (SSSR count). The molecule has 0 aromatic rings. The Kier molecular flexibility index (Phi) is 3.54. The van der Waals surface area contributed by atoms with E-state index in [2.05, 4.69) is 6.92 Å². The van der Waals surface area contributed by atoms with Crippen LogP contribution in [0.4, 0.5) is 4.79 Å². The molecule has 1 fully saturated rings. The third kappa shape index (κ3) is 2.59. The maximum absolute atomic E-state index is 10.6. The first-order valence-corrected chi connectivity index (χ1v) is 4.74. The van der Waals surface area contributed by atoms with Crippen molar-refractivity contribution >= 4 is 6.09 Å². The first kappa shape index (κ1) is 10.3. The molecule has 0 spiro atoms. The molecule has 4 nitrogen and oxygen atoms in total. The molecular weight excluding hydrogens is 170 g/mol. The average molecular weight is 187 g/mol. The fourth-order valence-corrected chi connectivity index (χ4v) is 1.96. The molecule has 0 radical (unpaired) electrons. The van der Waals surface area contributed by atoms with Gasteiger partial charge < -0.3 is 15.1 Å². The molecule has 2 atom stereocenters. The first-order valence-electron chi connectivity index (χ1n) is 4.74. The number of hydrogen-bond donors (Lipinski definition) is 2. The topological polar surface area (TPSA) is 60.8 Å². The normalized spacial score (nSPS) is 28.9. The zero-order chi connectivity index (χ0) is 9.84. The monoisotopic (exact) mass is 187 g/mol. The molecule has 1 amide bonds. The van der Waals surface area contributed by atoms with E-state index in [9.17, 15) is 4.79 Å². The lowest BCUT2D eigenvalue weighted by molar-refractivity contribution is 0.0921. The van der Waals surface area contributed by atoms with Crippen LogP contribution < -0.4 is 0 Å². The van der Waals surface area contributed by atoms with Crippen LogP contribution in [0.15, 0.2) is 0 Å². The van der Waals surface area contributed by atoms with Gasteiger partial charge in [0.15, 0.2) is 0 Å². The zero-order valence-corrected chi connectivity index (χ0v) is 7.94. The van der Waals surface area contributed by atoms with Crippen molar-refractivity contribution in [2.75, 3.05) is 19.7 Å². The number of hydrogen-bond acceptors (Lipinski definition) is 2. The van der Waals surface area contributed by atoms with Crippen LogP contribution in [0.25, 0.3) is 0 Å². The lowest BCUT2D eigenvalue weighted by atomic mass is 9.85. The summed E-state index contributed by atoms with van der Waals surface area (Å²) in [5.74, 6) is 0.859. The molecule has 76 valence electrons. The van der Waals surface area contributed by atoms with Gasteiger partial charge in [0.05, 0.1) is 0 Å². The number of carbonyl (C=O) groups is 1. The Morgan fingerprint density at radius 1 is 1.62 bits per heavy atom. The Labute approximate surface area is 78.2 Å². The summed E-state index contributed by atoms with van der Waals surface area (Å²) < 4.78 is 0. The van der Waals surface area contributed by atoms with Crippen LogP contribution >= 0.6 is 0 Å². The molecule has 0 saturated carbocycles. The lowest BCUT2D eigenvalue weighted by Crippen LogP contribution is -2.42. The number of carboxylic acid groups (broad SMARTS) is 1. The summed E-state index contributed by atoms with van der Waals surface area (Å²) in [4.78, 5) is 12.1. The minimum absolute atomic E-state index is 0.210. The van der Waals surface area contributed by atoms with E-state index < -0.39 is 6.09 Å². The molecule has 0 bridgehead atoms. The van der Waals surface area contributed by atoms with Crippen LogP contribution in [0, 0.1) is 11.8 Å². The highest BCUT2D eigenvalue weighted by Crippen LogP contribution is 2.25.